The van der Waals surface area contributed by atoms with Gasteiger partial charge in [0.1, 0.15) is 10.9 Å². The summed E-state index contributed by atoms with van der Waals surface area (Å²) in [5.74, 6) is -2.66. The number of aryl methyl sites for hydroxylation is 1. The van der Waals surface area contributed by atoms with Gasteiger partial charge < -0.3 is 15.5 Å². The minimum Gasteiger partial charge on any atom is -0.496 e. The van der Waals surface area contributed by atoms with E-state index in [4.69, 9.17) is 22.1 Å². The number of nitrogen functional groups attached to an aromatic ring is 1. The fraction of sp³-hybridized carbons (Fsp3) is 0.370. The van der Waals surface area contributed by atoms with Gasteiger partial charge in [-0.05, 0) is 32.9 Å². The predicted molar refractivity (Wildman–Crippen MR) is 147 cm³/mol. The Morgan fingerprint density at radius 2 is 2.00 bits per heavy atom. The lowest BCUT2D eigenvalue weighted by Gasteiger charge is -2.20. The van der Waals surface area contributed by atoms with Crippen molar-refractivity contribution in [3.8, 4) is 5.75 Å². The molecule has 1 fully saturated rings. The smallest absolute Gasteiger partial charge is 0.261 e. The molecular formula is C27H28ClF2N7O3. The van der Waals surface area contributed by atoms with E-state index in [1.165, 1.54) is 16.0 Å². The van der Waals surface area contributed by atoms with Crippen LogP contribution in [0.15, 0.2) is 12.3 Å². The second kappa shape index (κ2) is 10.3. The van der Waals surface area contributed by atoms with E-state index >= 15 is 0 Å². The maximum atomic E-state index is 13.8. The molecule has 0 atom stereocenters. The van der Waals surface area contributed by atoms with E-state index in [1.54, 1.807) is 19.3 Å². The highest BCUT2D eigenvalue weighted by Gasteiger charge is 2.39. The fourth-order valence-corrected chi connectivity index (χ4v) is 5.37. The average Bonchev–Trinajstić information content (AvgIpc) is 3.55. The van der Waals surface area contributed by atoms with Crippen molar-refractivity contribution in [3.05, 3.63) is 56.8 Å². The lowest BCUT2D eigenvalue weighted by atomic mass is 10.1. The molecule has 2 aliphatic heterocycles. The molecule has 1 amide bonds. The number of nitrogens with zero attached hydrogens (tertiary/aromatic N) is 5. The maximum absolute atomic E-state index is 13.8. The van der Waals surface area contributed by atoms with Gasteiger partial charge in [0.25, 0.3) is 11.8 Å². The summed E-state index contributed by atoms with van der Waals surface area (Å²) in [6.07, 6.45) is 2.77. The number of carbonyl (C=O) groups is 2. The van der Waals surface area contributed by atoms with Gasteiger partial charge in [0.15, 0.2) is 11.6 Å². The van der Waals surface area contributed by atoms with Crippen LogP contribution in [0, 0.1) is 20.8 Å². The van der Waals surface area contributed by atoms with Crippen LogP contribution in [0.1, 0.15) is 50.6 Å². The van der Waals surface area contributed by atoms with Crippen molar-refractivity contribution in [2.45, 2.75) is 39.7 Å². The number of hydrogen-bond acceptors (Lipinski definition) is 8. The number of halogens is 3. The van der Waals surface area contributed by atoms with Gasteiger partial charge in [0.2, 0.25) is 5.95 Å². The van der Waals surface area contributed by atoms with E-state index in [9.17, 15) is 18.4 Å². The molecule has 0 spiro atoms. The first kappa shape index (κ1) is 27.7. The van der Waals surface area contributed by atoms with Gasteiger partial charge in [-0.1, -0.05) is 11.6 Å². The van der Waals surface area contributed by atoms with Gasteiger partial charge in [-0.25, -0.2) is 13.8 Å². The van der Waals surface area contributed by atoms with Crippen LogP contribution in [0.25, 0.3) is 11.6 Å². The van der Waals surface area contributed by atoms with Gasteiger partial charge in [0.05, 0.1) is 43.6 Å². The second-order valence-corrected chi connectivity index (χ2v) is 10.4. The summed E-state index contributed by atoms with van der Waals surface area (Å²) in [6, 6.07) is 1.56. The first-order valence-electron chi connectivity index (χ1n) is 12.6. The van der Waals surface area contributed by atoms with Crippen molar-refractivity contribution in [3.63, 3.8) is 0 Å². The van der Waals surface area contributed by atoms with E-state index in [2.05, 4.69) is 19.9 Å². The summed E-state index contributed by atoms with van der Waals surface area (Å²) in [7, 11) is 1.58. The summed E-state index contributed by atoms with van der Waals surface area (Å²) in [6.45, 7) is 5.32. The largest absolute Gasteiger partial charge is 0.496 e. The van der Waals surface area contributed by atoms with E-state index in [0.29, 0.717) is 28.3 Å². The number of nitrogens with one attached hydrogen (secondary N) is 1. The third kappa shape index (κ3) is 5.04. The number of ketones is 1. The molecule has 0 unspecified atom stereocenters. The zero-order valence-corrected chi connectivity index (χ0v) is 23.2. The summed E-state index contributed by atoms with van der Waals surface area (Å²) in [5, 5.41) is 0.00441. The van der Waals surface area contributed by atoms with Crippen LogP contribution in [0.3, 0.4) is 0 Å². The number of rotatable bonds is 7. The molecule has 0 aliphatic carbocycles. The molecule has 0 bridgehead atoms. The molecule has 0 radical (unpaired) electrons. The Morgan fingerprint density at radius 3 is 2.67 bits per heavy atom. The molecule has 3 aromatic rings. The minimum atomic E-state index is -2.78. The second-order valence-electron chi connectivity index (χ2n) is 10.0. The normalized spacial score (nSPS) is 17.6. The number of nitrogens with two attached hydrogens (primary N) is 1. The van der Waals surface area contributed by atoms with Crippen LogP contribution in [0.4, 0.5) is 20.5 Å². The van der Waals surface area contributed by atoms with Gasteiger partial charge in [-0.2, -0.15) is 4.98 Å². The molecule has 5 rings (SSSR count). The van der Waals surface area contributed by atoms with Crippen LogP contribution in [0.2, 0.25) is 5.15 Å². The lowest BCUT2D eigenvalue weighted by molar-refractivity contribution is -0.113. The number of methoxy groups -OCH3 is 1. The number of aromatic amines is 1. The molecule has 210 valence electrons. The number of Topliss-reactive ketones (excluding diaryl/α,β-unsaturated/α-hetero) is 1. The van der Waals surface area contributed by atoms with Crippen molar-refractivity contribution in [1.29, 1.82) is 0 Å². The molecule has 0 saturated carbocycles. The molecule has 2 aliphatic rings. The van der Waals surface area contributed by atoms with Crippen molar-refractivity contribution in [2.24, 2.45) is 0 Å². The van der Waals surface area contributed by atoms with Crippen LogP contribution in [-0.4, -0.2) is 69.2 Å². The number of fused-ring (bicyclic) bond motifs is 1. The number of aromatic nitrogens is 4. The van der Waals surface area contributed by atoms with E-state index < -0.39 is 18.4 Å². The van der Waals surface area contributed by atoms with Crippen molar-refractivity contribution in [2.75, 3.05) is 37.4 Å². The molecular weight excluding hydrogens is 544 g/mol. The third-order valence-electron chi connectivity index (χ3n) is 7.28. The standard InChI is InChI=1S/C27H28ClF2N7O3/c1-13-15(3)33-19(14(2)22(13)40-4)10-37-24-21(23(28)34-26(31)35-24)18(25(37)39)8-17-7-16(9-32-17)20(38)11-36-6-5-27(29,30)12-36/h7-9,32H,5-6,10-12H2,1-4H3,(H2,31,34,35)/b18-8-. The molecule has 40 heavy (non-hydrogen) atoms. The molecule has 0 aromatic carbocycles. The molecule has 3 aromatic heterocycles. The van der Waals surface area contributed by atoms with Gasteiger partial charge in [0, 0.05) is 47.2 Å². The molecule has 10 nitrogen and oxygen atoms in total. The average molecular weight is 572 g/mol. The zero-order valence-electron chi connectivity index (χ0n) is 22.4. The Hall–Kier alpha value is -3.90. The Kier molecular flexibility index (Phi) is 7.09. The van der Waals surface area contributed by atoms with Crippen molar-refractivity contribution < 1.29 is 23.1 Å². The van der Waals surface area contributed by atoms with Gasteiger partial charge >= 0.3 is 0 Å². The third-order valence-corrected chi connectivity index (χ3v) is 7.55. The van der Waals surface area contributed by atoms with Crippen LogP contribution in [0.5, 0.6) is 5.75 Å². The summed E-state index contributed by atoms with van der Waals surface area (Å²) < 4.78 is 32.6. The number of ether oxygens (including phenoxy) is 1. The van der Waals surface area contributed by atoms with Gasteiger partial charge in [-0.3, -0.25) is 24.4 Å². The first-order valence-corrected chi connectivity index (χ1v) is 13.0. The van der Waals surface area contributed by atoms with Crippen molar-refractivity contribution >= 4 is 46.7 Å². The molecule has 3 N–H and O–H groups in total. The number of likely N-dealkylation sites (tertiary alicyclic amines) is 1. The highest BCUT2D eigenvalue weighted by atomic mass is 35.5. The highest BCUT2D eigenvalue weighted by Crippen LogP contribution is 2.42. The van der Waals surface area contributed by atoms with Crippen molar-refractivity contribution in [1.82, 2.24) is 24.8 Å². The Labute approximate surface area is 234 Å². The van der Waals surface area contributed by atoms with Crippen LogP contribution >= 0.6 is 11.6 Å². The van der Waals surface area contributed by atoms with Gasteiger partial charge in [-0.15, -0.1) is 0 Å². The lowest BCUT2D eigenvalue weighted by Crippen LogP contribution is -2.30. The van der Waals surface area contributed by atoms with Crippen LogP contribution < -0.4 is 15.4 Å². The first-order chi connectivity index (χ1) is 18.9. The number of anilines is 2. The Bertz CT molecular complexity index is 1570. The minimum absolute atomic E-state index is 0.00441. The number of pyridine rings is 1. The Morgan fingerprint density at radius 1 is 1.25 bits per heavy atom. The maximum Gasteiger partial charge on any atom is 0.261 e. The molecule has 1 saturated heterocycles. The summed E-state index contributed by atoms with van der Waals surface area (Å²) in [4.78, 5) is 45.3. The number of amides is 1. The number of hydrogen-bond donors (Lipinski definition) is 2. The molecule has 5 heterocycles. The quantitative estimate of drug-likeness (QED) is 0.247. The topological polar surface area (TPSA) is 130 Å². The number of H-pyrrole nitrogens is 1. The zero-order chi connectivity index (χ0) is 28.9. The number of alkyl halides is 2. The summed E-state index contributed by atoms with van der Waals surface area (Å²) >= 11 is 6.45. The van der Waals surface area contributed by atoms with Crippen LogP contribution in [-0.2, 0) is 11.3 Å². The van der Waals surface area contributed by atoms with E-state index in [1.807, 2.05) is 20.8 Å². The fourth-order valence-electron chi connectivity index (χ4n) is 5.10. The summed E-state index contributed by atoms with van der Waals surface area (Å²) in [5.41, 5.74) is 10.2. The Balaban J connectivity index is 1.46. The van der Waals surface area contributed by atoms with E-state index in [-0.39, 0.29) is 54.3 Å². The SMILES string of the molecule is COc1c(C)c(C)nc(CN2C(=O)/C(=C\c3cc(C(=O)CN4CCC(F)(F)C4)c[nH]3)c3c(Cl)nc(N)nc32)c1C. The van der Waals surface area contributed by atoms with E-state index in [0.717, 1.165) is 16.8 Å². The predicted octanol–water partition coefficient (Wildman–Crippen LogP) is 3.98. The molecule has 13 heteroatoms. The monoisotopic (exact) mass is 571 g/mol. The highest BCUT2D eigenvalue weighted by molar-refractivity contribution is 6.41. The number of carbonyl (C=O) groups excluding carboxylic acids is 2.